The molecule has 0 aliphatic carbocycles. The van der Waals surface area contributed by atoms with Gasteiger partial charge in [0.1, 0.15) is 5.92 Å². The Bertz CT molecular complexity index is 470. The first kappa shape index (κ1) is 11.3. The molecule has 1 aromatic rings. The summed E-state index contributed by atoms with van der Waals surface area (Å²) >= 11 is 0. The van der Waals surface area contributed by atoms with Gasteiger partial charge in [0.05, 0.1) is 5.69 Å². The number of imide groups is 1. The van der Waals surface area contributed by atoms with E-state index in [1.165, 1.54) is 7.05 Å². The van der Waals surface area contributed by atoms with Crippen LogP contribution in [-0.4, -0.2) is 24.8 Å². The number of amides is 3. The Balaban J connectivity index is 2.29. The van der Waals surface area contributed by atoms with E-state index in [9.17, 15) is 14.4 Å². The van der Waals surface area contributed by atoms with Crippen LogP contribution in [0.25, 0.3) is 0 Å². The molecule has 17 heavy (non-hydrogen) atoms. The Labute approximate surface area is 98.4 Å². The van der Waals surface area contributed by atoms with E-state index in [4.69, 9.17) is 0 Å². The van der Waals surface area contributed by atoms with Crippen molar-refractivity contribution in [1.82, 2.24) is 5.32 Å². The van der Waals surface area contributed by atoms with Gasteiger partial charge in [-0.25, -0.2) is 4.90 Å². The van der Waals surface area contributed by atoms with Crippen molar-refractivity contribution in [1.29, 1.82) is 0 Å². The summed E-state index contributed by atoms with van der Waals surface area (Å²) < 4.78 is 0. The number of hydrogen-bond donors (Lipinski definition) is 1. The zero-order valence-electron chi connectivity index (χ0n) is 9.34. The van der Waals surface area contributed by atoms with Crippen LogP contribution in [0.1, 0.15) is 6.42 Å². The third-order valence-electron chi connectivity index (χ3n) is 2.72. The predicted octanol–water partition coefficient (Wildman–Crippen LogP) is 0.312. The lowest BCUT2D eigenvalue weighted by molar-refractivity contribution is -0.131. The summed E-state index contributed by atoms with van der Waals surface area (Å²) in [5, 5.41) is 2.39. The third-order valence-corrected chi connectivity index (χ3v) is 2.72. The summed E-state index contributed by atoms with van der Waals surface area (Å²) in [5.74, 6) is -2.11. The lowest BCUT2D eigenvalue weighted by atomic mass is 10.1. The minimum absolute atomic E-state index is 0.0621. The fourth-order valence-electron chi connectivity index (χ4n) is 1.86. The van der Waals surface area contributed by atoms with Gasteiger partial charge in [-0.2, -0.15) is 0 Å². The van der Waals surface area contributed by atoms with Crippen molar-refractivity contribution in [3.63, 3.8) is 0 Å². The van der Waals surface area contributed by atoms with Crippen molar-refractivity contribution >= 4 is 23.4 Å². The van der Waals surface area contributed by atoms with Crippen LogP contribution in [0.2, 0.25) is 0 Å². The van der Waals surface area contributed by atoms with Crippen LogP contribution < -0.4 is 10.2 Å². The number of hydrogen-bond acceptors (Lipinski definition) is 3. The summed E-state index contributed by atoms with van der Waals surface area (Å²) in [4.78, 5) is 36.2. The lowest BCUT2D eigenvalue weighted by Crippen LogP contribution is -2.35. The molecule has 3 amide bonds. The van der Waals surface area contributed by atoms with E-state index >= 15 is 0 Å². The number of rotatable bonds is 2. The minimum atomic E-state index is -0.896. The van der Waals surface area contributed by atoms with Crippen LogP contribution in [0, 0.1) is 5.92 Å². The second-order valence-electron chi connectivity index (χ2n) is 3.77. The predicted molar refractivity (Wildman–Crippen MR) is 61.1 cm³/mol. The standard InChI is InChI=1S/C12H12N2O3/c1-13-11(16)9-7-10(15)14(12(9)17)8-5-3-2-4-6-8/h2-6,9H,7H2,1H3,(H,13,16). The molecule has 1 atom stereocenters. The number of carbonyl (C=O) groups excluding carboxylic acids is 3. The molecule has 0 aromatic heterocycles. The van der Waals surface area contributed by atoms with E-state index in [2.05, 4.69) is 5.32 Å². The first-order valence-corrected chi connectivity index (χ1v) is 5.28. The molecular formula is C12H12N2O3. The molecule has 5 nitrogen and oxygen atoms in total. The molecule has 1 aliphatic rings. The van der Waals surface area contributed by atoms with Gasteiger partial charge in [0.25, 0.3) is 0 Å². The van der Waals surface area contributed by atoms with Gasteiger partial charge in [0.2, 0.25) is 17.7 Å². The van der Waals surface area contributed by atoms with Gasteiger partial charge < -0.3 is 5.32 Å². The SMILES string of the molecule is CNC(=O)C1CC(=O)N(c2ccccc2)C1=O. The Morgan fingerprint density at radius 3 is 2.53 bits per heavy atom. The molecule has 0 bridgehead atoms. The monoisotopic (exact) mass is 232 g/mol. The van der Waals surface area contributed by atoms with Crippen molar-refractivity contribution in [3.8, 4) is 0 Å². The summed E-state index contributed by atoms with van der Waals surface area (Å²) in [6.45, 7) is 0. The molecule has 0 spiro atoms. The van der Waals surface area contributed by atoms with Crippen molar-refractivity contribution in [3.05, 3.63) is 30.3 Å². The Morgan fingerprint density at radius 2 is 1.94 bits per heavy atom. The molecule has 1 aliphatic heterocycles. The van der Waals surface area contributed by atoms with Crippen LogP contribution in [0.4, 0.5) is 5.69 Å². The Kier molecular flexibility index (Phi) is 2.91. The molecule has 5 heteroatoms. The van der Waals surface area contributed by atoms with Gasteiger partial charge in [-0.3, -0.25) is 14.4 Å². The quantitative estimate of drug-likeness (QED) is 0.589. The highest BCUT2D eigenvalue weighted by Gasteiger charge is 2.43. The number of nitrogens with zero attached hydrogens (tertiary/aromatic N) is 1. The van der Waals surface area contributed by atoms with Crippen LogP contribution in [-0.2, 0) is 14.4 Å². The van der Waals surface area contributed by atoms with Crippen LogP contribution in [0.3, 0.4) is 0 Å². The number of benzene rings is 1. The first-order valence-electron chi connectivity index (χ1n) is 5.28. The topological polar surface area (TPSA) is 66.5 Å². The van der Waals surface area contributed by atoms with E-state index in [0.29, 0.717) is 5.69 Å². The highest BCUT2D eigenvalue weighted by atomic mass is 16.2. The number of nitrogens with one attached hydrogen (secondary N) is 1. The zero-order chi connectivity index (χ0) is 12.4. The summed E-state index contributed by atoms with van der Waals surface area (Å²) in [5.41, 5.74) is 0.508. The number of carbonyl (C=O) groups is 3. The maximum atomic E-state index is 12.0. The molecule has 0 saturated carbocycles. The van der Waals surface area contributed by atoms with Crippen molar-refractivity contribution in [2.45, 2.75) is 6.42 Å². The van der Waals surface area contributed by atoms with Gasteiger partial charge in [0, 0.05) is 13.5 Å². The molecule has 88 valence electrons. The number of anilines is 1. The molecule has 1 N–H and O–H groups in total. The Hall–Kier alpha value is -2.17. The van der Waals surface area contributed by atoms with Crippen LogP contribution in [0.5, 0.6) is 0 Å². The highest BCUT2D eigenvalue weighted by molar-refractivity contribution is 6.26. The fraction of sp³-hybridized carbons (Fsp3) is 0.250. The lowest BCUT2D eigenvalue weighted by Gasteiger charge is -2.14. The van der Waals surface area contributed by atoms with E-state index in [1.54, 1.807) is 30.3 Å². The molecule has 1 heterocycles. The smallest absolute Gasteiger partial charge is 0.246 e. The minimum Gasteiger partial charge on any atom is -0.358 e. The fourth-order valence-corrected chi connectivity index (χ4v) is 1.86. The normalized spacial score (nSPS) is 19.6. The van der Waals surface area contributed by atoms with Crippen LogP contribution in [0.15, 0.2) is 30.3 Å². The summed E-state index contributed by atoms with van der Waals surface area (Å²) in [6, 6.07) is 8.61. The van der Waals surface area contributed by atoms with E-state index < -0.39 is 17.7 Å². The summed E-state index contributed by atoms with van der Waals surface area (Å²) in [6.07, 6.45) is -0.0621. The second kappa shape index (κ2) is 4.37. The van der Waals surface area contributed by atoms with Crippen molar-refractivity contribution in [2.75, 3.05) is 11.9 Å². The average Bonchev–Trinajstić information content (AvgIpc) is 2.65. The molecule has 1 aromatic carbocycles. The molecule has 1 fully saturated rings. The van der Waals surface area contributed by atoms with E-state index in [1.807, 2.05) is 0 Å². The summed E-state index contributed by atoms with van der Waals surface area (Å²) in [7, 11) is 1.45. The van der Waals surface area contributed by atoms with Gasteiger partial charge in [-0.1, -0.05) is 18.2 Å². The van der Waals surface area contributed by atoms with Gasteiger partial charge in [-0.05, 0) is 12.1 Å². The van der Waals surface area contributed by atoms with E-state index in [-0.39, 0.29) is 12.3 Å². The number of para-hydroxylation sites is 1. The molecular weight excluding hydrogens is 220 g/mol. The van der Waals surface area contributed by atoms with Gasteiger partial charge in [0.15, 0.2) is 0 Å². The zero-order valence-corrected chi connectivity index (χ0v) is 9.34. The third kappa shape index (κ3) is 1.91. The Morgan fingerprint density at radius 1 is 1.29 bits per heavy atom. The van der Waals surface area contributed by atoms with E-state index in [0.717, 1.165) is 4.90 Å². The molecule has 1 saturated heterocycles. The highest BCUT2D eigenvalue weighted by Crippen LogP contribution is 2.26. The van der Waals surface area contributed by atoms with Crippen molar-refractivity contribution < 1.29 is 14.4 Å². The molecule has 2 rings (SSSR count). The van der Waals surface area contributed by atoms with Gasteiger partial charge >= 0.3 is 0 Å². The largest absolute Gasteiger partial charge is 0.358 e. The first-order chi connectivity index (χ1) is 8.15. The van der Waals surface area contributed by atoms with Gasteiger partial charge in [-0.15, -0.1) is 0 Å². The average molecular weight is 232 g/mol. The van der Waals surface area contributed by atoms with Crippen LogP contribution >= 0.6 is 0 Å². The maximum absolute atomic E-state index is 12.0. The molecule has 1 unspecified atom stereocenters. The second-order valence-corrected chi connectivity index (χ2v) is 3.77. The van der Waals surface area contributed by atoms with Crippen molar-refractivity contribution in [2.24, 2.45) is 5.92 Å². The molecule has 0 radical (unpaired) electrons. The maximum Gasteiger partial charge on any atom is 0.246 e.